The number of hydrogen-bond acceptors (Lipinski definition) is 3. The van der Waals surface area contributed by atoms with Crippen LogP contribution in [0, 0.1) is 5.92 Å². The Morgan fingerprint density at radius 3 is 2.92 bits per heavy atom. The summed E-state index contributed by atoms with van der Waals surface area (Å²) in [6, 6.07) is 0. The molecular formula is C7H9N3O2. The Bertz CT molecular complexity index is 280. The molecule has 5 heteroatoms. The molecule has 0 saturated carbocycles. The van der Waals surface area contributed by atoms with Crippen LogP contribution in [-0.4, -0.2) is 17.5 Å². The fourth-order valence-electron chi connectivity index (χ4n) is 0.888. The van der Waals surface area contributed by atoms with Gasteiger partial charge in [0.25, 0.3) is 5.91 Å². The molecule has 1 rings (SSSR count). The third-order valence-electron chi connectivity index (χ3n) is 1.51. The van der Waals surface area contributed by atoms with Crippen molar-refractivity contribution in [3.8, 4) is 0 Å². The van der Waals surface area contributed by atoms with Crippen LogP contribution in [0.3, 0.4) is 0 Å². The van der Waals surface area contributed by atoms with Crippen molar-refractivity contribution < 1.29 is 9.59 Å². The molecule has 3 N–H and O–H groups in total. The van der Waals surface area contributed by atoms with Crippen LogP contribution < -0.4 is 11.3 Å². The van der Waals surface area contributed by atoms with Gasteiger partial charge in [-0.1, -0.05) is 6.08 Å². The topological polar surface area (TPSA) is 84.5 Å². The predicted octanol–water partition coefficient (Wildman–Crippen LogP) is -0.850. The van der Waals surface area contributed by atoms with Crippen molar-refractivity contribution in [3.05, 3.63) is 12.2 Å². The molecule has 0 aromatic heterocycles. The molecule has 0 saturated heterocycles. The molecule has 1 aliphatic heterocycles. The van der Waals surface area contributed by atoms with Gasteiger partial charge in [0.05, 0.1) is 0 Å². The summed E-state index contributed by atoms with van der Waals surface area (Å²) in [6.45, 7) is 1.69. The number of hydrogen-bond donors (Lipinski definition) is 2. The monoisotopic (exact) mass is 167 g/mol. The second-order valence-corrected chi connectivity index (χ2v) is 2.44. The summed E-state index contributed by atoms with van der Waals surface area (Å²) in [5.74, 6) is 2.99. The minimum atomic E-state index is -0.862. The van der Waals surface area contributed by atoms with Crippen molar-refractivity contribution in [3.63, 3.8) is 0 Å². The summed E-state index contributed by atoms with van der Waals surface area (Å²) in [4.78, 5) is 25.6. The van der Waals surface area contributed by atoms with Crippen LogP contribution in [0.15, 0.2) is 17.1 Å². The van der Waals surface area contributed by atoms with Crippen molar-refractivity contribution in [2.24, 2.45) is 16.8 Å². The van der Waals surface area contributed by atoms with Gasteiger partial charge in [-0.2, -0.15) is 0 Å². The Kier molecular flexibility index (Phi) is 2.35. The Labute approximate surface area is 69.3 Å². The lowest BCUT2D eigenvalue weighted by atomic mass is 10.0. The fourth-order valence-corrected chi connectivity index (χ4v) is 0.888. The third-order valence-corrected chi connectivity index (χ3v) is 1.51. The van der Waals surface area contributed by atoms with Gasteiger partial charge in [-0.3, -0.25) is 15.0 Å². The highest BCUT2D eigenvalue weighted by Crippen LogP contribution is 2.07. The van der Waals surface area contributed by atoms with Crippen LogP contribution in [0.5, 0.6) is 0 Å². The lowest BCUT2D eigenvalue weighted by molar-refractivity contribution is -0.131. The van der Waals surface area contributed by atoms with Gasteiger partial charge < -0.3 is 0 Å². The predicted molar refractivity (Wildman–Crippen MR) is 43.1 cm³/mol. The van der Waals surface area contributed by atoms with E-state index in [1.807, 2.05) is 5.43 Å². The fraction of sp³-hybridized carbons (Fsp3) is 0.286. The van der Waals surface area contributed by atoms with Crippen LogP contribution in [-0.2, 0) is 9.59 Å². The maximum atomic E-state index is 11.0. The number of aliphatic imine (C=N–C) groups is 1. The van der Waals surface area contributed by atoms with Gasteiger partial charge in [0, 0.05) is 5.71 Å². The number of allylic oxidation sites excluding steroid dienone is 1. The molecule has 0 aromatic rings. The maximum Gasteiger partial charge on any atom is 0.262 e. The standard InChI is InChI=1S/C7H9N3O2/c1-4-2-3-5(6(11)9-4)7(12)10-8/h2-3,5H,8H2,1H3,(H,10,12). The van der Waals surface area contributed by atoms with E-state index in [0.717, 1.165) is 0 Å². The number of nitrogens with two attached hydrogens (primary N) is 1. The molecule has 0 bridgehead atoms. The summed E-state index contributed by atoms with van der Waals surface area (Å²) in [5, 5.41) is 0. The molecule has 0 aliphatic carbocycles. The Balaban J connectivity index is 2.79. The molecule has 5 nitrogen and oxygen atoms in total. The van der Waals surface area contributed by atoms with E-state index in [1.165, 1.54) is 6.08 Å². The molecule has 0 spiro atoms. The Morgan fingerprint density at radius 2 is 2.42 bits per heavy atom. The maximum absolute atomic E-state index is 11.0. The SMILES string of the molecule is CC1=NC(=O)C(C(=O)NN)C=C1. The van der Waals surface area contributed by atoms with Crippen LogP contribution in [0.25, 0.3) is 0 Å². The molecule has 0 radical (unpaired) electrons. The number of nitrogens with zero attached hydrogens (tertiary/aromatic N) is 1. The normalized spacial score (nSPS) is 22.0. The Morgan fingerprint density at radius 1 is 1.75 bits per heavy atom. The van der Waals surface area contributed by atoms with Gasteiger partial charge >= 0.3 is 0 Å². The summed E-state index contributed by atoms with van der Waals surface area (Å²) in [6.07, 6.45) is 3.09. The van der Waals surface area contributed by atoms with E-state index in [1.54, 1.807) is 13.0 Å². The molecule has 12 heavy (non-hydrogen) atoms. The number of amides is 2. The van der Waals surface area contributed by atoms with E-state index >= 15 is 0 Å². The van der Waals surface area contributed by atoms with E-state index in [-0.39, 0.29) is 0 Å². The minimum Gasteiger partial charge on any atom is -0.293 e. The second-order valence-electron chi connectivity index (χ2n) is 2.44. The lowest BCUT2D eigenvalue weighted by Gasteiger charge is -2.10. The average molecular weight is 167 g/mol. The van der Waals surface area contributed by atoms with Crippen molar-refractivity contribution in [1.82, 2.24) is 5.43 Å². The average Bonchev–Trinajstić information content (AvgIpc) is 2.03. The number of rotatable bonds is 1. The molecule has 0 aromatic carbocycles. The van der Waals surface area contributed by atoms with Gasteiger partial charge in [0.2, 0.25) is 5.91 Å². The molecule has 0 fully saturated rings. The Hall–Kier alpha value is -1.49. The van der Waals surface area contributed by atoms with E-state index in [4.69, 9.17) is 5.84 Å². The highest BCUT2D eigenvalue weighted by molar-refractivity contribution is 6.12. The van der Waals surface area contributed by atoms with Gasteiger partial charge in [-0.25, -0.2) is 10.8 Å². The van der Waals surface area contributed by atoms with Crippen molar-refractivity contribution in [1.29, 1.82) is 0 Å². The molecule has 1 atom stereocenters. The van der Waals surface area contributed by atoms with E-state index in [2.05, 4.69) is 4.99 Å². The van der Waals surface area contributed by atoms with Crippen molar-refractivity contribution in [2.75, 3.05) is 0 Å². The van der Waals surface area contributed by atoms with Gasteiger partial charge in [-0.15, -0.1) is 0 Å². The number of nitrogens with one attached hydrogen (secondary N) is 1. The zero-order valence-electron chi connectivity index (χ0n) is 6.57. The number of hydrazine groups is 1. The van der Waals surface area contributed by atoms with Gasteiger partial charge in [0.1, 0.15) is 5.92 Å². The molecule has 1 aliphatic rings. The largest absolute Gasteiger partial charge is 0.293 e. The lowest BCUT2D eigenvalue weighted by Crippen LogP contribution is -2.39. The molecule has 2 amide bonds. The first-order chi connectivity index (χ1) is 5.65. The summed E-state index contributed by atoms with van der Waals surface area (Å²) < 4.78 is 0. The third kappa shape index (κ3) is 1.57. The quantitative estimate of drug-likeness (QED) is 0.231. The van der Waals surface area contributed by atoms with E-state index in [0.29, 0.717) is 5.71 Å². The van der Waals surface area contributed by atoms with Crippen LogP contribution in [0.4, 0.5) is 0 Å². The molecular weight excluding hydrogens is 158 g/mol. The highest BCUT2D eigenvalue weighted by Gasteiger charge is 2.24. The first-order valence-corrected chi connectivity index (χ1v) is 3.43. The zero-order valence-corrected chi connectivity index (χ0v) is 6.57. The summed E-state index contributed by atoms with van der Waals surface area (Å²) in [5.41, 5.74) is 2.50. The number of carbonyl (C=O) groups is 2. The minimum absolute atomic E-state index is 0.474. The first kappa shape index (κ1) is 8.61. The number of carbonyl (C=O) groups excluding carboxylic acids is 2. The number of dihydropyridines is 1. The molecule has 64 valence electrons. The van der Waals surface area contributed by atoms with Crippen LogP contribution in [0.1, 0.15) is 6.92 Å². The van der Waals surface area contributed by atoms with E-state index in [9.17, 15) is 9.59 Å². The van der Waals surface area contributed by atoms with Gasteiger partial charge in [0.15, 0.2) is 0 Å². The van der Waals surface area contributed by atoms with Crippen molar-refractivity contribution in [2.45, 2.75) is 6.92 Å². The summed E-state index contributed by atoms with van der Waals surface area (Å²) in [7, 11) is 0. The molecule has 1 heterocycles. The van der Waals surface area contributed by atoms with E-state index < -0.39 is 17.7 Å². The van der Waals surface area contributed by atoms with Crippen LogP contribution >= 0.6 is 0 Å². The molecule has 1 unspecified atom stereocenters. The smallest absolute Gasteiger partial charge is 0.262 e. The highest BCUT2D eigenvalue weighted by atomic mass is 16.2. The second kappa shape index (κ2) is 3.27. The first-order valence-electron chi connectivity index (χ1n) is 3.43. The van der Waals surface area contributed by atoms with Crippen LogP contribution in [0.2, 0.25) is 0 Å². The van der Waals surface area contributed by atoms with Gasteiger partial charge in [-0.05, 0) is 13.0 Å². The summed E-state index contributed by atoms with van der Waals surface area (Å²) >= 11 is 0. The van der Waals surface area contributed by atoms with Crippen molar-refractivity contribution >= 4 is 17.5 Å². The zero-order chi connectivity index (χ0) is 9.14.